The highest BCUT2D eigenvalue weighted by Gasteiger charge is 2.34. The first kappa shape index (κ1) is 20.6. The third-order valence-corrected chi connectivity index (χ3v) is 4.95. The van der Waals surface area contributed by atoms with Gasteiger partial charge in [0.1, 0.15) is 18.0 Å². The van der Waals surface area contributed by atoms with E-state index in [0.29, 0.717) is 0 Å². The van der Waals surface area contributed by atoms with Crippen LogP contribution in [0.25, 0.3) is 0 Å². The van der Waals surface area contributed by atoms with E-state index in [0.717, 1.165) is 30.3 Å². The number of aromatic nitrogens is 6. The second kappa shape index (κ2) is 6.46. The van der Waals surface area contributed by atoms with E-state index in [2.05, 4.69) is 94.2 Å². The Kier molecular flexibility index (Phi) is 5.12. The van der Waals surface area contributed by atoms with E-state index in [1.165, 1.54) is 0 Å². The molecule has 0 atom stereocenters. The van der Waals surface area contributed by atoms with Crippen molar-refractivity contribution >= 4 is 0 Å². The first-order chi connectivity index (χ1) is 11.6. The first-order valence-corrected chi connectivity index (χ1v) is 9.49. The molecule has 2 aromatic heterocycles. The molecule has 0 saturated carbocycles. The van der Waals surface area contributed by atoms with Crippen LogP contribution in [-0.4, -0.2) is 29.9 Å². The summed E-state index contributed by atoms with van der Waals surface area (Å²) in [6, 6.07) is 0. The van der Waals surface area contributed by atoms with Crippen molar-refractivity contribution in [2.45, 2.75) is 104 Å². The van der Waals surface area contributed by atoms with Gasteiger partial charge in [-0.2, -0.15) is 10.2 Å². The maximum atomic E-state index is 4.77. The Balaban J connectivity index is 2.18. The van der Waals surface area contributed by atoms with E-state index in [1.54, 1.807) is 6.33 Å². The van der Waals surface area contributed by atoms with Crippen LogP contribution in [0.3, 0.4) is 0 Å². The van der Waals surface area contributed by atoms with Gasteiger partial charge in [-0.05, 0) is 26.7 Å². The predicted molar refractivity (Wildman–Crippen MR) is 105 cm³/mol. The fourth-order valence-electron chi connectivity index (χ4n) is 2.94. The second-order valence-electron chi connectivity index (χ2n) is 10.7. The minimum absolute atomic E-state index is 0.0319. The molecule has 26 heavy (non-hydrogen) atoms. The molecule has 0 aliphatic heterocycles. The summed E-state index contributed by atoms with van der Waals surface area (Å²) in [5.74, 6) is 2.84. The molecule has 0 bridgehead atoms. The van der Waals surface area contributed by atoms with Gasteiger partial charge in [-0.25, -0.2) is 14.6 Å². The lowest BCUT2D eigenvalue weighted by Gasteiger charge is -2.33. The number of hydrogen-bond donors (Lipinski definition) is 1. The molecule has 6 heteroatoms. The summed E-state index contributed by atoms with van der Waals surface area (Å²) in [7, 11) is 0. The van der Waals surface area contributed by atoms with Gasteiger partial charge in [0.05, 0.1) is 5.54 Å². The largest absolute Gasteiger partial charge is 0.263 e. The molecule has 6 nitrogen and oxygen atoms in total. The van der Waals surface area contributed by atoms with E-state index < -0.39 is 0 Å². The van der Waals surface area contributed by atoms with Crippen molar-refractivity contribution in [3.05, 3.63) is 23.8 Å². The summed E-state index contributed by atoms with van der Waals surface area (Å²) in [6.45, 7) is 21.8. The number of nitrogens with one attached hydrogen (secondary N) is 1. The zero-order valence-corrected chi connectivity index (χ0v) is 18.2. The molecule has 0 aromatic carbocycles. The van der Waals surface area contributed by atoms with Crippen LogP contribution in [0.4, 0.5) is 0 Å². The molecule has 0 aliphatic rings. The quantitative estimate of drug-likeness (QED) is 0.853. The molecule has 0 unspecified atom stereocenters. The van der Waals surface area contributed by atoms with Crippen molar-refractivity contribution in [2.24, 2.45) is 0 Å². The van der Waals surface area contributed by atoms with Gasteiger partial charge in [0.2, 0.25) is 0 Å². The molecule has 0 aliphatic carbocycles. The number of aromatic amines is 1. The third-order valence-electron chi connectivity index (χ3n) is 4.95. The zero-order valence-electron chi connectivity index (χ0n) is 18.2. The lowest BCUT2D eigenvalue weighted by Crippen LogP contribution is -2.35. The Morgan fingerprint density at radius 3 is 2.00 bits per heavy atom. The topological polar surface area (TPSA) is 72.3 Å². The van der Waals surface area contributed by atoms with E-state index in [4.69, 9.17) is 4.98 Å². The standard InChI is InChI=1S/C20H36N6/c1-17(2,3)14-23-15(25-24-14)19(7,8)11-12-20(9,10)26-16(18(4,5)6)21-13-22-26/h13H,11-12H2,1-10H3,(H,23,24,25). The van der Waals surface area contributed by atoms with Gasteiger partial charge in [-0.15, -0.1) is 0 Å². The van der Waals surface area contributed by atoms with Gasteiger partial charge in [0, 0.05) is 16.2 Å². The fourth-order valence-corrected chi connectivity index (χ4v) is 2.94. The highest BCUT2D eigenvalue weighted by Crippen LogP contribution is 2.34. The molecular formula is C20H36N6. The van der Waals surface area contributed by atoms with Crippen LogP contribution >= 0.6 is 0 Å². The van der Waals surface area contributed by atoms with Crippen LogP contribution in [0.15, 0.2) is 6.33 Å². The van der Waals surface area contributed by atoms with Gasteiger partial charge in [-0.1, -0.05) is 55.4 Å². The number of H-pyrrole nitrogens is 1. The van der Waals surface area contributed by atoms with E-state index in [9.17, 15) is 0 Å². The molecule has 2 aromatic rings. The van der Waals surface area contributed by atoms with Crippen molar-refractivity contribution in [3.8, 4) is 0 Å². The molecular weight excluding hydrogens is 324 g/mol. The fraction of sp³-hybridized carbons (Fsp3) is 0.800. The van der Waals surface area contributed by atoms with Gasteiger partial charge in [0.25, 0.3) is 0 Å². The maximum Gasteiger partial charge on any atom is 0.156 e. The lowest BCUT2D eigenvalue weighted by molar-refractivity contribution is 0.240. The monoisotopic (exact) mass is 360 g/mol. The maximum absolute atomic E-state index is 4.77. The average Bonchev–Trinajstić information content (AvgIpc) is 3.13. The number of nitrogens with zero attached hydrogens (tertiary/aromatic N) is 5. The van der Waals surface area contributed by atoms with E-state index >= 15 is 0 Å². The van der Waals surface area contributed by atoms with Crippen molar-refractivity contribution in [1.82, 2.24) is 29.9 Å². The highest BCUT2D eigenvalue weighted by atomic mass is 15.4. The van der Waals surface area contributed by atoms with E-state index in [1.807, 2.05) is 0 Å². The Morgan fingerprint density at radius 1 is 0.885 bits per heavy atom. The normalized spacial score (nSPS) is 14.1. The molecule has 2 rings (SSSR count). The summed E-state index contributed by atoms with van der Waals surface area (Å²) in [4.78, 5) is 9.28. The molecule has 0 saturated heterocycles. The third kappa shape index (κ3) is 4.33. The van der Waals surface area contributed by atoms with Crippen molar-refractivity contribution in [3.63, 3.8) is 0 Å². The first-order valence-electron chi connectivity index (χ1n) is 9.49. The smallest absolute Gasteiger partial charge is 0.156 e. The molecule has 0 fully saturated rings. The molecule has 0 amide bonds. The van der Waals surface area contributed by atoms with Gasteiger partial charge in [-0.3, -0.25) is 5.10 Å². The van der Waals surface area contributed by atoms with Crippen LogP contribution in [0.1, 0.15) is 99.6 Å². The summed E-state index contributed by atoms with van der Waals surface area (Å²) in [6.07, 6.45) is 3.61. The summed E-state index contributed by atoms with van der Waals surface area (Å²) >= 11 is 0. The SMILES string of the molecule is CC(C)(C)c1n[nH]c(C(C)(C)CCC(C)(C)n2ncnc2C(C)(C)C)n1. The number of hydrogen-bond acceptors (Lipinski definition) is 4. The lowest BCUT2D eigenvalue weighted by atomic mass is 9.82. The predicted octanol–water partition coefficient (Wildman–Crippen LogP) is 4.48. The van der Waals surface area contributed by atoms with Crippen molar-refractivity contribution in [2.75, 3.05) is 0 Å². The Hall–Kier alpha value is -1.72. The van der Waals surface area contributed by atoms with Crippen molar-refractivity contribution < 1.29 is 0 Å². The van der Waals surface area contributed by atoms with Gasteiger partial charge >= 0.3 is 0 Å². The van der Waals surface area contributed by atoms with Crippen LogP contribution in [0.2, 0.25) is 0 Å². The molecule has 1 N–H and O–H groups in total. The molecule has 146 valence electrons. The number of rotatable bonds is 5. The molecule has 0 spiro atoms. The van der Waals surface area contributed by atoms with E-state index in [-0.39, 0.29) is 21.8 Å². The second-order valence-corrected chi connectivity index (χ2v) is 10.7. The Labute approximate surface area is 158 Å². The summed E-state index contributed by atoms with van der Waals surface area (Å²) in [5, 5.41) is 12.1. The van der Waals surface area contributed by atoms with Crippen LogP contribution in [-0.2, 0) is 21.8 Å². The Morgan fingerprint density at radius 2 is 1.50 bits per heavy atom. The van der Waals surface area contributed by atoms with Gasteiger partial charge in [0.15, 0.2) is 5.82 Å². The minimum atomic E-state index is -0.122. The zero-order chi connectivity index (χ0) is 20.0. The van der Waals surface area contributed by atoms with Crippen LogP contribution < -0.4 is 0 Å². The molecule has 0 radical (unpaired) electrons. The van der Waals surface area contributed by atoms with Crippen LogP contribution in [0, 0.1) is 0 Å². The van der Waals surface area contributed by atoms with Crippen LogP contribution in [0.5, 0.6) is 0 Å². The minimum Gasteiger partial charge on any atom is -0.263 e. The summed E-state index contributed by atoms with van der Waals surface area (Å²) in [5.41, 5.74) is -0.290. The highest BCUT2D eigenvalue weighted by molar-refractivity contribution is 5.10. The van der Waals surface area contributed by atoms with Crippen molar-refractivity contribution in [1.29, 1.82) is 0 Å². The molecule has 2 heterocycles. The summed E-state index contributed by atoms with van der Waals surface area (Å²) < 4.78 is 2.09. The van der Waals surface area contributed by atoms with Gasteiger partial charge < -0.3 is 0 Å². The average molecular weight is 361 g/mol. The Bertz CT molecular complexity index is 737.